The fourth-order valence-electron chi connectivity index (χ4n) is 0.838. The molecule has 1 rings (SSSR count). The highest BCUT2D eigenvalue weighted by molar-refractivity contribution is 5.50. The Morgan fingerprint density at radius 3 is 2.93 bits per heavy atom. The molecule has 0 bridgehead atoms. The molecule has 0 saturated heterocycles. The van der Waals surface area contributed by atoms with Gasteiger partial charge in [0.1, 0.15) is 6.07 Å². The standard InChI is InChI=1S/C8H9F2N5/c9-8(10,4-12)5-13-7-6(3-11)1-2-14-15-7/h1-2H,4-5,12H2,(H,13,15). The number of nitrogens with two attached hydrogens (primary N) is 1. The van der Waals surface area contributed by atoms with Gasteiger partial charge in [0.25, 0.3) is 5.92 Å². The van der Waals surface area contributed by atoms with Gasteiger partial charge in [-0.05, 0) is 6.07 Å². The van der Waals surface area contributed by atoms with Crippen molar-refractivity contribution in [2.75, 3.05) is 18.4 Å². The minimum Gasteiger partial charge on any atom is -0.361 e. The van der Waals surface area contributed by atoms with E-state index in [1.807, 2.05) is 6.07 Å². The molecular formula is C8H9F2N5. The average Bonchev–Trinajstić information content (AvgIpc) is 2.27. The highest BCUT2D eigenvalue weighted by Crippen LogP contribution is 2.14. The second-order valence-corrected chi connectivity index (χ2v) is 2.82. The van der Waals surface area contributed by atoms with E-state index in [-0.39, 0.29) is 11.4 Å². The summed E-state index contributed by atoms with van der Waals surface area (Å²) in [6.45, 7) is -1.43. The molecule has 0 radical (unpaired) electrons. The number of rotatable bonds is 4. The van der Waals surface area contributed by atoms with Crippen LogP contribution >= 0.6 is 0 Å². The van der Waals surface area contributed by atoms with Crippen LogP contribution in [0.5, 0.6) is 0 Å². The number of aromatic nitrogens is 2. The Kier molecular flexibility index (Phi) is 3.46. The van der Waals surface area contributed by atoms with Gasteiger partial charge in [-0.2, -0.15) is 10.4 Å². The lowest BCUT2D eigenvalue weighted by Gasteiger charge is -2.14. The molecule has 0 amide bonds. The maximum Gasteiger partial charge on any atom is 0.276 e. The molecule has 1 aromatic heterocycles. The molecule has 1 heterocycles. The maximum atomic E-state index is 12.8. The summed E-state index contributed by atoms with van der Waals surface area (Å²) in [5, 5.41) is 18.0. The molecule has 0 spiro atoms. The summed E-state index contributed by atoms with van der Waals surface area (Å²) in [4.78, 5) is 0. The number of nitriles is 1. The van der Waals surface area contributed by atoms with Gasteiger partial charge in [0.05, 0.1) is 24.8 Å². The summed E-state index contributed by atoms with van der Waals surface area (Å²) in [6, 6.07) is 3.19. The highest BCUT2D eigenvalue weighted by Gasteiger charge is 2.26. The minimum atomic E-state index is -3.02. The van der Waals surface area contributed by atoms with Crippen LogP contribution in [0.4, 0.5) is 14.6 Å². The number of nitrogens with zero attached hydrogens (tertiary/aromatic N) is 3. The fourth-order valence-corrected chi connectivity index (χ4v) is 0.838. The molecule has 3 N–H and O–H groups in total. The third-order valence-corrected chi connectivity index (χ3v) is 1.65. The molecule has 0 aliphatic rings. The van der Waals surface area contributed by atoms with Crippen molar-refractivity contribution in [2.45, 2.75) is 5.92 Å². The van der Waals surface area contributed by atoms with Crippen molar-refractivity contribution in [3.63, 3.8) is 0 Å². The molecule has 0 fully saturated rings. The molecule has 0 aliphatic carbocycles. The predicted octanol–water partition coefficient (Wildman–Crippen LogP) is 0.354. The van der Waals surface area contributed by atoms with E-state index < -0.39 is 19.0 Å². The van der Waals surface area contributed by atoms with Crippen molar-refractivity contribution < 1.29 is 8.78 Å². The molecule has 0 saturated carbocycles. The second kappa shape index (κ2) is 4.61. The van der Waals surface area contributed by atoms with E-state index in [4.69, 9.17) is 11.0 Å². The van der Waals surface area contributed by atoms with Gasteiger partial charge in [-0.3, -0.25) is 0 Å². The number of anilines is 1. The van der Waals surface area contributed by atoms with Crippen LogP contribution in [-0.2, 0) is 0 Å². The first-order chi connectivity index (χ1) is 7.09. The molecule has 1 aromatic rings. The van der Waals surface area contributed by atoms with Gasteiger partial charge in [0.15, 0.2) is 5.82 Å². The second-order valence-electron chi connectivity index (χ2n) is 2.82. The van der Waals surface area contributed by atoms with Gasteiger partial charge < -0.3 is 11.1 Å². The number of hydrogen-bond donors (Lipinski definition) is 2. The Hall–Kier alpha value is -1.81. The highest BCUT2D eigenvalue weighted by atomic mass is 19.3. The summed E-state index contributed by atoms with van der Waals surface area (Å²) in [6.07, 6.45) is 1.31. The lowest BCUT2D eigenvalue weighted by molar-refractivity contribution is 0.0253. The Labute approximate surface area is 84.9 Å². The van der Waals surface area contributed by atoms with Gasteiger partial charge in [-0.15, -0.1) is 5.10 Å². The zero-order valence-electron chi connectivity index (χ0n) is 7.74. The third-order valence-electron chi connectivity index (χ3n) is 1.65. The Bertz CT molecular complexity index is 374. The van der Waals surface area contributed by atoms with Crippen LogP contribution in [0.15, 0.2) is 12.3 Å². The number of nitrogens with one attached hydrogen (secondary N) is 1. The van der Waals surface area contributed by atoms with Crippen LogP contribution in [0.1, 0.15) is 5.56 Å². The molecule has 0 unspecified atom stereocenters. The number of hydrogen-bond acceptors (Lipinski definition) is 5. The van der Waals surface area contributed by atoms with E-state index in [1.54, 1.807) is 0 Å². The lowest BCUT2D eigenvalue weighted by atomic mass is 10.3. The Morgan fingerprint density at radius 1 is 1.60 bits per heavy atom. The minimum absolute atomic E-state index is 0.0353. The zero-order valence-corrected chi connectivity index (χ0v) is 7.74. The van der Waals surface area contributed by atoms with Gasteiger partial charge in [0, 0.05) is 0 Å². The normalized spacial score (nSPS) is 10.8. The van der Waals surface area contributed by atoms with Crippen LogP contribution in [0.2, 0.25) is 0 Å². The molecule has 5 nitrogen and oxygen atoms in total. The average molecular weight is 213 g/mol. The van der Waals surface area contributed by atoms with Crippen LogP contribution < -0.4 is 11.1 Å². The SMILES string of the molecule is N#Cc1ccnnc1NCC(F)(F)CN. The zero-order chi connectivity index (χ0) is 11.3. The topological polar surface area (TPSA) is 87.6 Å². The first kappa shape index (κ1) is 11.3. The molecule has 15 heavy (non-hydrogen) atoms. The van der Waals surface area contributed by atoms with Gasteiger partial charge in [-0.25, -0.2) is 8.78 Å². The van der Waals surface area contributed by atoms with Gasteiger partial charge in [-0.1, -0.05) is 0 Å². The number of alkyl halides is 2. The van der Waals surface area contributed by atoms with Crippen molar-refractivity contribution in [3.05, 3.63) is 17.8 Å². The van der Waals surface area contributed by atoms with E-state index >= 15 is 0 Å². The number of halogens is 2. The summed E-state index contributed by atoms with van der Waals surface area (Å²) >= 11 is 0. The Balaban J connectivity index is 2.70. The largest absolute Gasteiger partial charge is 0.361 e. The van der Waals surface area contributed by atoms with Crippen LogP contribution in [-0.4, -0.2) is 29.2 Å². The van der Waals surface area contributed by atoms with E-state index in [0.29, 0.717) is 0 Å². The van der Waals surface area contributed by atoms with Gasteiger partial charge >= 0.3 is 0 Å². The van der Waals surface area contributed by atoms with E-state index in [2.05, 4.69) is 15.5 Å². The summed E-state index contributed by atoms with van der Waals surface area (Å²) < 4.78 is 25.5. The van der Waals surface area contributed by atoms with Crippen LogP contribution in [0.3, 0.4) is 0 Å². The van der Waals surface area contributed by atoms with E-state index in [9.17, 15) is 8.78 Å². The van der Waals surface area contributed by atoms with Crippen molar-refractivity contribution in [1.82, 2.24) is 10.2 Å². The maximum absolute atomic E-state index is 12.8. The smallest absolute Gasteiger partial charge is 0.276 e. The summed E-state index contributed by atoms with van der Waals surface area (Å²) in [5.41, 5.74) is 5.01. The quantitative estimate of drug-likeness (QED) is 0.753. The van der Waals surface area contributed by atoms with E-state index in [0.717, 1.165) is 0 Å². The van der Waals surface area contributed by atoms with E-state index in [1.165, 1.54) is 12.3 Å². The van der Waals surface area contributed by atoms with Crippen molar-refractivity contribution in [2.24, 2.45) is 5.73 Å². The van der Waals surface area contributed by atoms with Crippen molar-refractivity contribution in [3.8, 4) is 6.07 Å². The molecule has 0 aromatic carbocycles. The first-order valence-corrected chi connectivity index (χ1v) is 4.12. The van der Waals surface area contributed by atoms with Crippen molar-refractivity contribution >= 4 is 5.82 Å². The molecule has 7 heteroatoms. The summed E-state index contributed by atoms with van der Waals surface area (Å²) in [7, 11) is 0. The predicted molar refractivity (Wildman–Crippen MR) is 49.2 cm³/mol. The van der Waals surface area contributed by atoms with Crippen LogP contribution in [0.25, 0.3) is 0 Å². The molecule has 0 aliphatic heterocycles. The lowest BCUT2D eigenvalue weighted by Crippen LogP contribution is -2.35. The van der Waals surface area contributed by atoms with Gasteiger partial charge in [0.2, 0.25) is 0 Å². The fraction of sp³-hybridized carbons (Fsp3) is 0.375. The molecular weight excluding hydrogens is 204 g/mol. The summed E-state index contributed by atoms with van der Waals surface area (Å²) in [5.74, 6) is -2.99. The molecule has 80 valence electrons. The van der Waals surface area contributed by atoms with Crippen molar-refractivity contribution in [1.29, 1.82) is 5.26 Å². The monoisotopic (exact) mass is 213 g/mol. The third kappa shape index (κ3) is 3.11. The molecule has 0 atom stereocenters. The Morgan fingerprint density at radius 2 is 2.33 bits per heavy atom. The first-order valence-electron chi connectivity index (χ1n) is 4.12. The van der Waals surface area contributed by atoms with Crippen LogP contribution in [0, 0.1) is 11.3 Å².